The molecule has 1 aromatic carbocycles. The molecule has 0 aromatic heterocycles. The molecule has 0 saturated heterocycles. The largest absolute Gasteiger partial charge is 0.298 e. The van der Waals surface area contributed by atoms with Crippen LogP contribution in [0.25, 0.3) is 5.57 Å². The second-order valence-corrected chi connectivity index (χ2v) is 3.01. The fraction of sp³-hybridized carbons (Fsp3) is 0.182. The van der Waals surface area contributed by atoms with Gasteiger partial charge in [0.15, 0.2) is 0 Å². The SMILES string of the molecule is O=Cc1ccc(C2=CCC2)cc1. The Morgan fingerprint density at radius 3 is 2.25 bits per heavy atom. The van der Waals surface area contributed by atoms with E-state index in [4.69, 9.17) is 0 Å². The molecular formula is C11H10O. The summed E-state index contributed by atoms with van der Waals surface area (Å²) in [6, 6.07) is 7.74. The zero-order chi connectivity index (χ0) is 8.39. The van der Waals surface area contributed by atoms with Crippen LogP contribution in [-0.4, -0.2) is 6.29 Å². The van der Waals surface area contributed by atoms with E-state index in [0.717, 1.165) is 11.8 Å². The summed E-state index contributed by atoms with van der Waals surface area (Å²) in [5.74, 6) is 0. The number of rotatable bonds is 2. The van der Waals surface area contributed by atoms with Crippen molar-refractivity contribution in [2.75, 3.05) is 0 Å². The van der Waals surface area contributed by atoms with Crippen LogP contribution in [0.3, 0.4) is 0 Å². The van der Waals surface area contributed by atoms with Gasteiger partial charge in [-0.25, -0.2) is 0 Å². The van der Waals surface area contributed by atoms with Gasteiger partial charge in [-0.05, 0) is 24.0 Å². The third-order valence-electron chi connectivity index (χ3n) is 2.22. The molecular weight excluding hydrogens is 148 g/mol. The molecule has 0 spiro atoms. The maximum absolute atomic E-state index is 10.4. The number of allylic oxidation sites excluding steroid dienone is 2. The third-order valence-corrected chi connectivity index (χ3v) is 2.22. The highest BCUT2D eigenvalue weighted by Gasteiger charge is 2.07. The van der Waals surface area contributed by atoms with Gasteiger partial charge >= 0.3 is 0 Å². The highest BCUT2D eigenvalue weighted by molar-refractivity contribution is 5.77. The Kier molecular flexibility index (Phi) is 1.78. The van der Waals surface area contributed by atoms with Crippen LogP contribution in [0.4, 0.5) is 0 Å². The molecule has 60 valence electrons. The van der Waals surface area contributed by atoms with Crippen molar-refractivity contribution in [3.05, 3.63) is 41.5 Å². The van der Waals surface area contributed by atoms with Crippen LogP contribution in [0, 0.1) is 0 Å². The summed E-state index contributed by atoms with van der Waals surface area (Å²) in [6.07, 6.45) is 5.49. The first-order valence-corrected chi connectivity index (χ1v) is 4.15. The number of benzene rings is 1. The summed E-state index contributed by atoms with van der Waals surface area (Å²) < 4.78 is 0. The molecule has 0 radical (unpaired) electrons. The Bertz CT molecular complexity index is 319. The molecule has 0 saturated carbocycles. The van der Waals surface area contributed by atoms with Crippen molar-refractivity contribution in [2.45, 2.75) is 12.8 Å². The van der Waals surface area contributed by atoms with Gasteiger partial charge in [-0.15, -0.1) is 0 Å². The minimum absolute atomic E-state index is 0.749. The van der Waals surface area contributed by atoms with Crippen molar-refractivity contribution in [2.24, 2.45) is 0 Å². The molecule has 0 unspecified atom stereocenters. The quantitative estimate of drug-likeness (QED) is 0.605. The zero-order valence-corrected chi connectivity index (χ0v) is 6.79. The number of hydrogen-bond donors (Lipinski definition) is 0. The Labute approximate surface area is 71.7 Å². The second-order valence-electron chi connectivity index (χ2n) is 3.01. The van der Waals surface area contributed by atoms with E-state index in [0.29, 0.717) is 0 Å². The predicted octanol–water partition coefficient (Wildman–Crippen LogP) is 2.68. The number of carbonyl (C=O) groups excluding carboxylic acids is 1. The lowest BCUT2D eigenvalue weighted by molar-refractivity contribution is 0.112. The van der Waals surface area contributed by atoms with Crippen molar-refractivity contribution in [3.8, 4) is 0 Å². The fourth-order valence-corrected chi connectivity index (χ4v) is 1.33. The Morgan fingerprint density at radius 2 is 1.83 bits per heavy atom. The monoisotopic (exact) mass is 158 g/mol. The van der Waals surface area contributed by atoms with Gasteiger partial charge in [0.1, 0.15) is 6.29 Å². The lowest BCUT2D eigenvalue weighted by atomic mass is 9.92. The molecule has 0 atom stereocenters. The summed E-state index contributed by atoms with van der Waals surface area (Å²) in [7, 11) is 0. The first kappa shape index (κ1) is 7.29. The van der Waals surface area contributed by atoms with Gasteiger partial charge in [0.05, 0.1) is 0 Å². The van der Waals surface area contributed by atoms with Crippen molar-refractivity contribution >= 4 is 11.9 Å². The normalized spacial score (nSPS) is 14.8. The van der Waals surface area contributed by atoms with Gasteiger partial charge in [0, 0.05) is 5.56 Å². The van der Waals surface area contributed by atoms with Gasteiger partial charge in [0.2, 0.25) is 0 Å². The van der Waals surface area contributed by atoms with Crippen LogP contribution in [0.1, 0.15) is 28.8 Å². The molecule has 0 fully saturated rings. The van der Waals surface area contributed by atoms with Crippen molar-refractivity contribution in [3.63, 3.8) is 0 Å². The maximum Gasteiger partial charge on any atom is 0.150 e. The smallest absolute Gasteiger partial charge is 0.150 e. The van der Waals surface area contributed by atoms with E-state index in [-0.39, 0.29) is 0 Å². The lowest BCUT2D eigenvalue weighted by Crippen LogP contribution is -1.93. The van der Waals surface area contributed by atoms with Crippen LogP contribution >= 0.6 is 0 Å². The van der Waals surface area contributed by atoms with Crippen LogP contribution < -0.4 is 0 Å². The molecule has 1 nitrogen and oxygen atoms in total. The Morgan fingerprint density at radius 1 is 1.17 bits per heavy atom. The van der Waals surface area contributed by atoms with Gasteiger partial charge in [0.25, 0.3) is 0 Å². The summed E-state index contributed by atoms with van der Waals surface area (Å²) in [5.41, 5.74) is 3.41. The minimum atomic E-state index is 0.749. The van der Waals surface area contributed by atoms with Gasteiger partial charge in [-0.2, -0.15) is 0 Å². The fourth-order valence-electron chi connectivity index (χ4n) is 1.33. The highest BCUT2D eigenvalue weighted by atomic mass is 16.1. The molecule has 2 rings (SSSR count). The molecule has 1 aliphatic carbocycles. The Hall–Kier alpha value is -1.37. The van der Waals surface area contributed by atoms with Crippen LogP contribution in [0.15, 0.2) is 30.3 Å². The van der Waals surface area contributed by atoms with Crippen molar-refractivity contribution in [1.29, 1.82) is 0 Å². The average Bonchev–Trinajstić information content (AvgIpc) is 2.03. The third kappa shape index (κ3) is 1.18. The van der Waals surface area contributed by atoms with Crippen LogP contribution in [0.2, 0.25) is 0 Å². The van der Waals surface area contributed by atoms with E-state index in [2.05, 4.69) is 6.08 Å². The number of carbonyl (C=O) groups is 1. The van der Waals surface area contributed by atoms with Crippen molar-refractivity contribution in [1.82, 2.24) is 0 Å². The van der Waals surface area contributed by atoms with E-state index in [1.165, 1.54) is 24.0 Å². The highest BCUT2D eigenvalue weighted by Crippen LogP contribution is 2.28. The predicted molar refractivity (Wildman–Crippen MR) is 49.0 cm³/mol. The Balaban J connectivity index is 2.30. The van der Waals surface area contributed by atoms with Crippen LogP contribution in [0.5, 0.6) is 0 Å². The summed E-state index contributed by atoms with van der Waals surface area (Å²) in [5, 5.41) is 0. The summed E-state index contributed by atoms with van der Waals surface area (Å²) >= 11 is 0. The topological polar surface area (TPSA) is 17.1 Å². The summed E-state index contributed by atoms with van der Waals surface area (Å²) in [6.45, 7) is 0. The first-order valence-electron chi connectivity index (χ1n) is 4.15. The average molecular weight is 158 g/mol. The van der Waals surface area contributed by atoms with Gasteiger partial charge in [-0.3, -0.25) is 4.79 Å². The molecule has 0 amide bonds. The molecule has 0 heterocycles. The summed E-state index contributed by atoms with van der Waals surface area (Å²) in [4.78, 5) is 10.4. The minimum Gasteiger partial charge on any atom is -0.298 e. The van der Waals surface area contributed by atoms with E-state index < -0.39 is 0 Å². The van der Waals surface area contributed by atoms with Gasteiger partial charge in [-0.1, -0.05) is 30.3 Å². The molecule has 0 aliphatic heterocycles. The van der Waals surface area contributed by atoms with E-state index in [1.54, 1.807) is 0 Å². The maximum atomic E-state index is 10.4. The molecule has 12 heavy (non-hydrogen) atoms. The van der Waals surface area contributed by atoms with E-state index >= 15 is 0 Å². The molecule has 0 N–H and O–H groups in total. The number of hydrogen-bond acceptors (Lipinski definition) is 1. The first-order chi connectivity index (χ1) is 5.90. The zero-order valence-electron chi connectivity index (χ0n) is 6.79. The standard InChI is InChI=1S/C11H10O/c12-8-9-4-6-11(7-5-9)10-2-1-3-10/h2,4-8H,1,3H2. The molecule has 0 bridgehead atoms. The van der Waals surface area contributed by atoms with E-state index in [1.807, 2.05) is 24.3 Å². The number of aldehydes is 1. The van der Waals surface area contributed by atoms with Gasteiger partial charge < -0.3 is 0 Å². The van der Waals surface area contributed by atoms with Crippen LogP contribution in [-0.2, 0) is 0 Å². The molecule has 1 aliphatic rings. The molecule has 1 heteroatoms. The second kappa shape index (κ2) is 2.94. The van der Waals surface area contributed by atoms with Crippen molar-refractivity contribution < 1.29 is 4.79 Å². The lowest BCUT2D eigenvalue weighted by Gasteiger charge is -2.14. The van der Waals surface area contributed by atoms with E-state index in [9.17, 15) is 4.79 Å². The molecule has 1 aromatic rings.